The van der Waals surface area contributed by atoms with Gasteiger partial charge in [0.2, 0.25) is 0 Å². The second kappa shape index (κ2) is 6.14. The maximum absolute atomic E-state index is 14.2. The molecule has 2 rings (SSSR count). The van der Waals surface area contributed by atoms with Crippen LogP contribution in [0.3, 0.4) is 0 Å². The number of benzene rings is 2. The molecule has 0 fully saturated rings. The Hall–Kier alpha value is -1.42. The Labute approximate surface area is 132 Å². The smallest absolute Gasteiger partial charge is 0.134 e. The predicted molar refractivity (Wildman–Crippen MR) is 84.0 cm³/mol. The van der Waals surface area contributed by atoms with E-state index in [1.807, 2.05) is 44.2 Å². The molecule has 0 aliphatic carbocycles. The van der Waals surface area contributed by atoms with Crippen LogP contribution in [0.5, 0.6) is 5.75 Å². The highest BCUT2D eigenvalue weighted by molar-refractivity contribution is 9.09. The SMILES string of the molecule is COc1cc(F)c(C(Br)C(C)(C)c2ccccc2)c(F)c1. The van der Waals surface area contributed by atoms with Crippen LogP contribution in [0.15, 0.2) is 42.5 Å². The second-order valence-electron chi connectivity index (χ2n) is 5.45. The number of methoxy groups -OCH3 is 1. The van der Waals surface area contributed by atoms with Crippen molar-refractivity contribution in [2.24, 2.45) is 0 Å². The highest BCUT2D eigenvalue weighted by Crippen LogP contribution is 2.45. The van der Waals surface area contributed by atoms with Crippen molar-refractivity contribution < 1.29 is 13.5 Å². The van der Waals surface area contributed by atoms with Crippen molar-refractivity contribution in [1.82, 2.24) is 0 Å². The molecule has 0 amide bonds. The van der Waals surface area contributed by atoms with Gasteiger partial charge in [-0.1, -0.05) is 60.1 Å². The van der Waals surface area contributed by atoms with Gasteiger partial charge in [-0.25, -0.2) is 8.78 Å². The van der Waals surface area contributed by atoms with Crippen molar-refractivity contribution in [2.75, 3.05) is 7.11 Å². The summed E-state index contributed by atoms with van der Waals surface area (Å²) in [5.74, 6) is -1.05. The zero-order chi connectivity index (χ0) is 15.6. The van der Waals surface area contributed by atoms with Crippen molar-refractivity contribution in [1.29, 1.82) is 0 Å². The molecule has 2 aromatic carbocycles. The molecule has 0 aliphatic rings. The molecule has 112 valence electrons. The quantitative estimate of drug-likeness (QED) is 0.669. The summed E-state index contributed by atoms with van der Waals surface area (Å²) in [5, 5.41) is 0. The zero-order valence-corrected chi connectivity index (χ0v) is 13.7. The lowest BCUT2D eigenvalue weighted by Gasteiger charge is -2.32. The van der Waals surface area contributed by atoms with E-state index in [9.17, 15) is 8.78 Å². The first-order chi connectivity index (χ1) is 9.87. The largest absolute Gasteiger partial charge is 0.497 e. The highest BCUT2D eigenvalue weighted by atomic mass is 79.9. The van der Waals surface area contributed by atoms with E-state index in [4.69, 9.17) is 4.74 Å². The number of alkyl halides is 1. The number of rotatable bonds is 4. The van der Waals surface area contributed by atoms with Crippen molar-refractivity contribution >= 4 is 15.9 Å². The van der Waals surface area contributed by atoms with Crippen LogP contribution in [0.2, 0.25) is 0 Å². The fourth-order valence-corrected chi connectivity index (χ4v) is 3.00. The molecular formula is C17H17BrF2O. The molecule has 2 aromatic rings. The zero-order valence-electron chi connectivity index (χ0n) is 12.2. The van der Waals surface area contributed by atoms with Crippen LogP contribution in [0.1, 0.15) is 29.8 Å². The average Bonchev–Trinajstić information content (AvgIpc) is 2.47. The third-order valence-corrected chi connectivity index (χ3v) is 5.30. The number of hydrogen-bond donors (Lipinski definition) is 0. The van der Waals surface area contributed by atoms with Gasteiger partial charge < -0.3 is 4.74 Å². The van der Waals surface area contributed by atoms with Crippen molar-refractivity contribution in [3.63, 3.8) is 0 Å². The van der Waals surface area contributed by atoms with E-state index in [1.54, 1.807) is 0 Å². The fourth-order valence-electron chi connectivity index (χ4n) is 2.30. The van der Waals surface area contributed by atoms with Crippen LogP contribution < -0.4 is 4.74 Å². The van der Waals surface area contributed by atoms with Gasteiger partial charge in [0, 0.05) is 23.1 Å². The van der Waals surface area contributed by atoms with Gasteiger partial charge in [-0.05, 0) is 5.56 Å². The summed E-state index contributed by atoms with van der Waals surface area (Å²) in [5.41, 5.74) is 0.545. The minimum atomic E-state index is -0.613. The molecule has 1 unspecified atom stereocenters. The Balaban J connectivity index is 2.47. The molecule has 1 nitrogen and oxygen atoms in total. The van der Waals surface area contributed by atoms with Gasteiger partial charge in [0.1, 0.15) is 17.4 Å². The summed E-state index contributed by atoms with van der Waals surface area (Å²) in [6.45, 7) is 3.90. The topological polar surface area (TPSA) is 9.23 Å². The summed E-state index contributed by atoms with van der Waals surface area (Å²) in [7, 11) is 1.38. The predicted octanol–water partition coefficient (Wildman–Crippen LogP) is 5.39. The van der Waals surface area contributed by atoms with E-state index in [-0.39, 0.29) is 11.3 Å². The van der Waals surface area contributed by atoms with E-state index >= 15 is 0 Å². The Bertz CT molecular complexity index is 603. The van der Waals surface area contributed by atoms with Gasteiger partial charge in [0.25, 0.3) is 0 Å². The molecule has 21 heavy (non-hydrogen) atoms. The van der Waals surface area contributed by atoms with E-state index < -0.39 is 21.9 Å². The first-order valence-corrected chi connectivity index (χ1v) is 7.52. The maximum Gasteiger partial charge on any atom is 0.134 e. The Morgan fingerprint density at radius 2 is 1.57 bits per heavy atom. The molecular weight excluding hydrogens is 338 g/mol. The second-order valence-corrected chi connectivity index (χ2v) is 6.37. The molecule has 0 heterocycles. The minimum absolute atomic E-state index is 0.0182. The van der Waals surface area contributed by atoms with E-state index in [0.29, 0.717) is 0 Å². The first kappa shape index (κ1) is 16.0. The molecule has 0 aromatic heterocycles. The molecule has 1 atom stereocenters. The van der Waals surface area contributed by atoms with E-state index in [0.717, 1.165) is 5.56 Å². The van der Waals surface area contributed by atoms with Gasteiger partial charge in [-0.15, -0.1) is 0 Å². The molecule has 0 saturated heterocycles. The number of halogens is 3. The lowest BCUT2D eigenvalue weighted by molar-refractivity contribution is 0.402. The fraction of sp³-hybridized carbons (Fsp3) is 0.294. The lowest BCUT2D eigenvalue weighted by Crippen LogP contribution is -2.24. The summed E-state index contributed by atoms with van der Waals surface area (Å²) in [6.07, 6.45) is 0. The third-order valence-electron chi connectivity index (χ3n) is 3.69. The molecule has 0 bridgehead atoms. The normalized spacial score (nSPS) is 13.0. The highest BCUT2D eigenvalue weighted by Gasteiger charge is 2.34. The molecule has 0 radical (unpaired) electrons. The molecule has 0 spiro atoms. The summed E-state index contributed by atoms with van der Waals surface area (Å²) >= 11 is 3.47. The van der Waals surface area contributed by atoms with Crippen LogP contribution in [0, 0.1) is 11.6 Å². The average molecular weight is 355 g/mol. The lowest BCUT2D eigenvalue weighted by atomic mass is 9.79. The monoisotopic (exact) mass is 354 g/mol. The van der Waals surface area contributed by atoms with Gasteiger partial charge in [0.05, 0.1) is 11.9 Å². The molecule has 0 aliphatic heterocycles. The van der Waals surface area contributed by atoms with E-state index in [2.05, 4.69) is 15.9 Å². The van der Waals surface area contributed by atoms with Crippen molar-refractivity contribution in [2.45, 2.75) is 24.1 Å². The number of ether oxygens (including phenoxy) is 1. The Morgan fingerprint density at radius 1 is 1.05 bits per heavy atom. The summed E-state index contributed by atoms with van der Waals surface area (Å²) < 4.78 is 33.4. The number of hydrogen-bond acceptors (Lipinski definition) is 1. The van der Waals surface area contributed by atoms with Crippen molar-refractivity contribution in [3.8, 4) is 5.75 Å². The van der Waals surface area contributed by atoms with Gasteiger partial charge in [-0.2, -0.15) is 0 Å². The third kappa shape index (κ3) is 3.10. The summed E-state index contributed by atoms with van der Waals surface area (Å²) in [4.78, 5) is -0.502. The van der Waals surface area contributed by atoms with E-state index in [1.165, 1.54) is 19.2 Å². The van der Waals surface area contributed by atoms with Crippen LogP contribution in [0.25, 0.3) is 0 Å². The van der Waals surface area contributed by atoms with Gasteiger partial charge >= 0.3 is 0 Å². The van der Waals surface area contributed by atoms with Gasteiger partial charge in [0.15, 0.2) is 0 Å². The Kier molecular flexibility index (Phi) is 4.67. The van der Waals surface area contributed by atoms with Crippen molar-refractivity contribution in [3.05, 3.63) is 65.2 Å². The first-order valence-electron chi connectivity index (χ1n) is 6.60. The van der Waals surface area contributed by atoms with Crippen LogP contribution >= 0.6 is 15.9 Å². The Morgan fingerprint density at radius 3 is 2.05 bits per heavy atom. The van der Waals surface area contributed by atoms with Crippen LogP contribution in [-0.2, 0) is 5.41 Å². The maximum atomic E-state index is 14.2. The molecule has 0 N–H and O–H groups in total. The molecule has 0 saturated carbocycles. The van der Waals surface area contributed by atoms with Gasteiger partial charge in [-0.3, -0.25) is 0 Å². The van der Waals surface area contributed by atoms with Crippen LogP contribution in [0.4, 0.5) is 8.78 Å². The standard InChI is InChI=1S/C17H17BrF2O/c1-17(2,11-7-5-4-6-8-11)16(18)15-13(19)9-12(21-3)10-14(15)20/h4-10,16H,1-3H3. The minimum Gasteiger partial charge on any atom is -0.497 e. The molecule has 4 heteroatoms. The van der Waals surface area contributed by atoms with Crippen LogP contribution in [-0.4, -0.2) is 7.11 Å². The summed E-state index contributed by atoms with van der Waals surface area (Å²) in [6, 6.07) is 12.1.